The topological polar surface area (TPSA) is 148 Å². The first kappa shape index (κ1) is 20.4. The number of rotatable bonds is 9. The van der Waals surface area contributed by atoms with Crippen LogP contribution in [-0.2, 0) is 33.4 Å². The van der Waals surface area contributed by atoms with Gasteiger partial charge in [0.05, 0.1) is 7.11 Å². The van der Waals surface area contributed by atoms with Crippen molar-refractivity contribution in [1.29, 1.82) is 0 Å². The fourth-order valence-electron chi connectivity index (χ4n) is 1.47. The third kappa shape index (κ3) is 8.44. The molecule has 0 aliphatic heterocycles. The van der Waals surface area contributed by atoms with Gasteiger partial charge in [0, 0.05) is 6.42 Å². The fraction of sp³-hybridized carbons (Fsp3) is 0.583. The molecule has 0 aromatic rings. The van der Waals surface area contributed by atoms with Crippen molar-refractivity contribution in [3.63, 3.8) is 0 Å². The van der Waals surface area contributed by atoms with Crippen LogP contribution in [0, 0.1) is 0 Å². The molecule has 2 radical (unpaired) electrons. The van der Waals surface area contributed by atoms with Gasteiger partial charge in [0.15, 0.2) is 0 Å². The second-order valence-electron chi connectivity index (χ2n) is 4.48. The van der Waals surface area contributed by atoms with E-state index in [1.165, 1.54) is 6.92 Å². The molecule has 126 valence electrons. The number of ether oxygens (including phenoxy) is 1. The molecule has 10 nitrogen and oxygen atoms in total. The summed E-state index contributed by atoms with van der Waals surface area (Å²) >= 11 is 0. The van der Waals surface area contributed by atoms with Gasteiger partial charge < -0.3 is 25.1 Å². The quantitative estimate of drug-likeness (QED) is 0.251. The lowest BCUT2D eigenvalue weighted by molar-refractivity contribution is -0.144. The summed E-state index contributed by atoms with van der Waals surface area (Å²) in [7, 11) is 5.78. The van der Waals surface area contributed by atoms with Gasteiger partial charge in [-0.05, 0) is 13.3 Å². The average molecular weight is 328 g/mol. The van der Waals surface area contributed by atoms with E-state index in [0.717, 1.165) is 7.11 Å². The van der Waals surface area contributed by atoms with Gasteiger partial charge >= 0.3 is 26.0 Å². The van der Waals surface area contributed by atoms with Gasteiger partial charge in [-0.1, -0.05) is 0 Å². The lowest BCUT2D eigenvalue weighted by Gasteiger charge is -2.15. The molecule has 2 unspecified atom stereocenters. The number of hydrogen-bond acceptors (Lipinski definition) is 7. The number of hydrogen-bond donors (Lipinski definition) is 3. The summed E-state index contributed by atoms with van der Waals surface area (Å²) in [5.41, 5.74) is 0. The van der Waals surface area contributed by atoms with Crippen molar-refractivity contribution in [2.45, 2.75) is 38.3 Å². The summed E-state index contributed by atoms with van der Waals surface area (Å²) in [6.45, 7) is 1.29. The number of carboxylic acid groups (broad SMARTS) is 1. The number of amides is 2. The van der Waals surface area contributed by atoms with Crippen LogP contribution >= 0.6 is 0 Å². The largest absolute Gasteiger partial charge is 0.542 e. The number of carboxylic acids is 1. The molecule has 0 aliphatic rings. The van der Waals surface area contributed by atoms with Crippen LogP contribution in [0.5, 0.6) is 0 Å². The van der Waals surface area contributed by atoms with E-state index in [1.807, 2.05) is 0 Å². The van der Waals surface area contributed by atoms with Crippen molar-refractivity contribution in [3.8, 4) is 0 Å². The molecule has 0 aromatic carbocycles. The summed E-state index contributed by atoms with van der Waals surface area (Å²) in [5, 5.41) is 13.2. The van der Waals surface area contributed by atoms with Gasteiger partial charge in [-0.25, -0.2) is 4.79 Å². The summed E-state index contributed by atoms with van der Waals surface area (Å²) in [6.07, 6.45) is -1.10. The zero-order valence-corrected chi connectivity index (χ0v) is 12.7. The minimum Gasteiger partial charge on any atom is -0.542 e. The van der Waals surface area contributed by atoms with Crippen molar-refractivity contribution in [2.24, 2.45) is 0 Å². The first-order chi connectivity index (χ1) is 10.7. The first-order valence-corrected chi connectivity index (χ1v) is 6.50. The first-order valence-electron chi connectivity index (χ1n) is 6.50. The van der Waals surface area contributed by atoms with Crippen LogP contribution in [0.1, 0.15) is 26.2 Å². The van der Waals surface area contributed by atoms with Crippen LogP contribution in [0.3, 0.4) is 0 Å². The molecule has 23 heavy (non-hydrogen) atoms. The summed E-state index contributed by atoms with van der Waals surface area (Å²) in [5.74, 6) is -4.59. The van der Waals surface area contributed by atoms with Crippen LogP contribution in [0.4, 0.5) is 0 Å². The molecule has 2 atom stereocenters. The van der Waals surface area contributed by atoms with Crippen LogP contribution in [0.2, 0.25) is 0 Å². The van der Waals surface area contributed by atoms with Gasteiger partial charge in [-0.3, -0.25) is 19.2 Å². The molecule has 0 rings (SSSR count). The molecule has 0 bridgehead atoms. The maximum atomic E-state index is 11.6. The zero-order chi connectivity index (χ0) is 18.0. The van der Waals surface area contributed by atoms with E-state index in [-0.39, 0.29) is 12.8 Å². The molecule has 3 N–H and O–H groups in total. The van der Waals surface area contributed by atoms with Gasteiger partial charge in [-0.15, -0.1) is 0 Å². The molecule has 0 aliphatic carbocycles. The predicted octanol–water partition coefficient (Wildman–Crippen LogP) is -1.97. The Labute approximate surface area is 133 Å². The molecule has 0 fully saturated rings. The molecule has 0 aromatic heterocycles. The van der Waals surface area contributed by atoms with Crippen LogP contribution < -0.4 is 10.6 Å². The summed E-state index contributed by atoms with van der Waals surface area (Å²) < 4.78 is 8.27. The van der Waals surface area contributed by atoms with E-state index in [2.05, 4.69) is 28.1 Å². The Morgan fingerprint density at radius 1 is 1.13 bits per heavy atom. The van der Waals surface area contributed by atoms with E-state index in [0.29, 0.717) is 0 Å². The molecule has 0 heterocycles. The van der Waals surface area contributed by atoms with Crippen molar-refractivity contribution < 1.29 is 38.5 Å². The third-order valence-corrected chi connectivity index (χ3v) is 2.67. The SMILES string of the molecule is [B]OC(=O)C(C)NC(=O)CC(=O)NC(CCC(=O)OC)C(=O)O. The van der Waals surface area contributed by atoms with Gasteiger partial charge in [0.2, 0.25) is 11.8 Å². The number of esters is 1. The Morgan fingerprint density at radius 2 is 1.70 bits per heavy atom. The molecule has 0 saturated carbocycles. The monoisotopic (exact) mass is 328 g/mol. The lowest BCUT2D eigenvalue weighted by atomic mass is 10.1. The van der Waals surface area contributed by atoms with E-state index in [4.69, 9.17) is 5.11 Å². The maximum Gasteiger partial charge on any atom is 0.378 e. The van der Waals surface area contributed by atoms with Gasteiger partial charge in [-0.2, -0.15) is 0 Å². The Morgan fingerprint density at radius 3 is 2.17 bits per heavy atom. The maximum absolute atomic E-state index is 11.6. The Bertz CT molecular complexity index is 482. The van der Waals surface area contributed by atoms with Crippen molar-refractivity contribution >= 4 is 37.8 Å². The number of nitrogens with one attached hydrogen (secondary N) is 2. The van der Waals surface area contributed by atoms with Crippen molar-refractivity contribution in [3.05, 3.63) is 0 Å². The van der Waals surface area contributed by atoms with E-state index >= 15 is 0 Å². The normalized spacial score (nSPS) is 12.4. The highest BCUT2D eigenvalue weighted by Crippen LogP contribution is 2.00. The third-order valence-electron chi connectivity index (χ3n) is 2.67. The Kier molecular flexibility index (Phi) is 9.05. The summed E-state index contributed by atoms with van der Waals surface area (Å²) in [6, 6.07) is -2.41. The smallest absolute Gasteiger partial charge is 0.378 e. The fourth-order valence-corrected chi connectivity index (χ4v) is 1.47. The van der Waals surface area contributed by atoms with Gasteiger partial charge in [0.25, 0.3) is 0 Å². The number of methoxy groups -OCH3 is 1. The molecular weight excluding hydrogens is 311 g/mol. The molecule has 11 heteroatoms. The van der Waals surface area contributed by atoms with Crippen molar-refractivity contribution in [2.75, 3.05) is 7.11 Å². The highest BCUT2D eigenvalue weighted by Gasteiger charge is 2.23. The number of carbonyl (C=O) groups is 5. The summed E-state index contributed by atoms with van der Waals surface area (Å²) in [4.78, 5) is 56.1. The van der Waals surface area contributed by atoms with Gasteiger partial charge in [0.1, 0.15) is 18.5 Å². The Hall–Kier alpha value is -2.59. The van der Waals surface area contributed by atoms with Crippen molar-refractivity contribution in [1.82, 2.24) is 10.6 Å². The standard InChI is InChI=1S/C12H17BN2O8/c1-6(12(21)23-13)14-8(16)5-9(17)15-7(11(19)20)3-4-10(18)22-2/h6-7H,3-5H2,1-2H3,(H,14,16)(H,15,17)(H,19,20). The predicted molar refractivity (Wildman–Crippen MR) is 74.9 cm³/mol. The molecule has 0 spiro atoms. The van der Waals surface area contributed by atoms with Crippen LogP contribution in [-0.4, -0.2) is 62.1 Å². The molecule has 2 amide bonds. The number of carbonyl (C=O) groups excluding carboxylic acids is 4. The van der Waals surface area contributed by atoms with E-state index < -0.39 is 48.2 Å². The second kappa shape index (κ2) is 10.2. The average Bonchev–Trinajstić information content (AvgIpc) is 2.49. The highest BCUT2D eigenvalue weighted by atomic mass is 16.5. The van der Waals surface area contributed by atoms with Crippen LogP contribution in [0.15, 0.2) is 0 Å². The minimum absolute atomic E-state index is 0.189. The number of aliphatic carboxylic acids is 1. The van der Waals surface area contributed by atoms with Crippen LogP contribution in [0.25, 0.3) is 0 Å². The second-order valence-corrected chi connectivity index (χ2v) is 4.48. The lowest BCUT2D eigenvalue weighted by Crippen LogP contribution is -2.45. The van der Waals surface area contributed by atoms with E-state index in [1.54, 1.807) is 0 Å². The van der Waals surface area contributed by atoms with E-state index in [9.17, 15) is 24.0 Å². The molecular formula is C12H17BN2O8. The Balaban J connectivity index is 4.41. The molecule has 0 saturated heterocycles. The minimum atomic E-state index is -1.36. The zero-order valence-electron chi connectivity index (χ0n) is 12.7. The highest BCUT2D eigenvalue weighted by molar-refractivity contribution is 6.07.